The summed E-state index contributed by atoms with van der Waals surface area (Å²) >= 11 is 0. The number of hydrogen-bond acceptors (Lipinski definition) is 3. The molecule has 130 valence electrons. The van der Waals surface area contributed by atoms with Crippen LogP contribution in [0.5, 0.6) is 0 Å². The van der Waals surface area contributed by atoms with Gasteiger partial charge in [0.1, 0.15) is 0 Å². The SMILES string of the molecule is CCCCCCCCCNS(=O)(=O)C(C#N)CCCCCC. The third-order valence-corrected chi connectivity index (χ3v) is 5.62. The van der Waals surface area contributed by atoms with Crippen molar-refractivity contribution in [1.29, 1.82) is 5.26 Å². The standard InChI is InChI=1S/C17H34N2O2S/c1-3-5-7-9-10-11-13-15-19-22(20,21)17(16-18)14-12-8-6-4-2/h17,19H,3-15H2,1-2H3. The number of sulfonamides is 1. The smallest absolute Gasteiger partial charge is 0.214 e. The molecule has 0 rings (SSSR count). The summed E-state index contributed by atoms with van der Waals surface area (Å²) in [5.74, 6) is 0. The summed E-state index contributed by atoms with van der Waals surface area (Å²) in [5.41, 5.74) is 0. The molecule has 0 saturated heterocycles. The molecule has 0 amide bonds. The summed E-state index contributed by atoms with van der Waals surface area (Å²) in [6.07, 6.45) is 12.6. The van der Waals surface area contributed by atoms with Crippen molar-refractivity contribution >= 4 is 10.0 Å². The number of nitriles is 1. The Morgan fingerprint density at radius 2 is 1.36 bits per heavy atom. The number of unbranched alkanes of at least 4 members (excludes halogenated alkanes) is 9. The highest BCUT2D eigenvalue weighted by Crippen LogP contribution is 2.11. The van der Waals surface area contributed by atoms with Crippen molar-refractivity contribution in [2.75, 3.05) is 6.54 Å². The zero-order chi connectivity index (χ0) is 16.7. The highest BCUT2D eigenvalue weighted by Gasteiger charge is 2.23. The van der Waals surface area contributed by atoms with E-state index in [0.717, 1.165) is 38.5 Å². The molecule has 0 aromatic carbocycles. The van der Waals surface area contributed by atoms with Crippen LogP contribution in [0.15, 0.2) is 0 Å². The van der Waals surface area contributed by atoms with E-state index in [1.54, 1.807) is 0 Å². The molecular formula is C17H34N2O2S. The first-order valence-corrected chi connectivity index (χ1v) is 10.5. The zero-order valence-corrected chi connectivity index (χ0v) is 15.3. The topological polar surface area (TPSA) is 70.0 Å². The minimum atomic E-state index is -3.47. The Bertz CT molecular complexity index is 388. The van der Waals surface area contributed by atoms with Crippen LogP contribution in [0.3, 0.4) is 0 Å². The van der Waals surface area contributed by atoms with E-state index < -0.39 is 15.3 Å². The Kier molecular flexibility index (Phi) is 13.6. The highest BCUT2D eigenvalue weighted by atomic mass is 32.2. The Labute approximate surface area is 137 Å². The average molecular weight is 331 g/mol. The van der Waals surface area contributed by atoms with Crippen molar-refractivity contribution in [3.05, 3.63) is 0 Å². The van der Waals surface area contributed by atoms with E-state index in [1.165, 1.54) is 32.1 Å². The van der Waals surface area contributed by atoms with Crippen LogP contribution in [0.1, 0.15) is 90.9 Å². The molecule has 0 heterocycles. The second-order valence-corrected chi connectivity index (χ2v) is 7.98. The van der Waals surface area contributed by atoms with Gasteiger partial charge in [-0.3, -0.25) is 0 Å². The summed E-state index contributed by atoms with van der Waals surface area (Å²) in [6, 6.07) is 1.94. The molecular weight excluding hydrogens is 296 g/mol. The molecule has 1 atom stereocenters. The van der Waals surface area contributed by atoms with Gasteiger partial charge in [-0.2, -0.15) is 5.26 Å². The van der Waals surface area contributed by atoms with Crippen LogP contribution < -0.4 is 4.72 Å². The van der Waals surface area contributed by atoms with Gasteiger partial charge in [0.15, 0.2) is 5.25 Å². The van der Waals surface area contributed by atoms with E-state index in [4.69, 9.17) is 5.26 Å². The maximum atomic E-state index is 12.1. The third kappa shape index (κ3) is 11.0. The van der Waals surface area contributed by atoms with Gasteiger partial charge in [0.2, 0.25) is 10.0 Å². The van der Waals surface area contributed by atoms with Gasteiger partial charge in [-0.05, 0) is 12.8 Å². The van der Waals surface area contributed by atoms with Crippen LogP contribution in [-0.2, 0) is 10.0 Å². The Morgan fingerprint density at radius 1 is 0.864 bits per heavy atom. The number of nitrogens with one attached hydrogen (secondary N) is 1. The molecule has 0 aliphatic carbocycles. The van der Waals surface area contributed by atoms with Crippen LogP contribution in [-0.4, -0.2) is 20.2 Å². The van der Waals surface area contributed by atoms with Crippen molar-refractivity contribution in [3.63, 3.8) is 0 Å². The molecule has 0 aromatic heterocycles. The molecule has 0 saturated carbocycles. The van der Waals surface area contributed by atoms with E-state index >= 15 is 0 Å². The molecule has 0 aliphatic heterocycles. The van der Waals surface area contributed by atoms with Crippen LogP contribution in [0.2, 0.25) is 0 Å². The molecule has 1 N–H and O–H groups in total. The fraction of sp³-hybridized carbons (Fsp3) is 0.941. The number of nitrogens with zero attached hydrogens (tertiary/aromatic N) is 1. The molecule has 0 aromatic rings. The van der Waals surface area contributed by atoms with Crippen LogP contribution in [0.25, 0.3) is 0 Å². The lowest BCUT2D eigenvalue weighted by Gasteiger charge is -2.11. The lowest BCUT2D eigenvalue weighted by Crippen LogP contribution is -2.34. The fourth-order valence-electron chi connectivity index (χ4n) is 2.44. The normalized spacial score (nSPS) is 13.0. The molecule has 0 fully saturated rings. The van der Waals surface area contributed by atoms with Crippen molar-refractivity contribution in [2.24, 2.45) is 0 Å². The lowest BCUT2D eigenvalue weighted by atomic mass is 10.1. The molecule has 0 aliphatic rings. The van der Waals surface area contributed by atoms with Crippen molar-refractivity contribution in [2.45, 2.75) is 96.1 Å². The summed E-state index contributed by atoms with van der Waals surface area (Å²) in [7, 11) is -3.47. The summed E-state index contributed by atoms with van der Waals surface area (Å²) in [5, 5.41) is 8.18. The van der Waals surface area contributed by atoms with Gasteiger partial charge < -0.3 is 0 Å². The Hall–Kier alpha value is -0.600. The number of rotatable bonds is 15. The fourth-order valence-corrected chi connectivity index (χ4v) is 3.69. The average Bonchev–Trinajstić information content (AvgIpc) is 2.49. The molecule has 0 spiro atoms. The molecule has 22 heavy (non-hydrogen) atoms. The van der Waals surface area contributed by atoms with Gasteiger partial charge in [-0.25, -0.2) is 13.1 Å². The highest BCUT2D eigenvalue weighted by molar-refractivity contribution is 7.90. The molecule has 0 bridgehead atoms. The van der Waals surface area contributed by atoms with E-state index in [0.29, 0.717) is 13.0 Å². The first kappa shape index (κ1) is 21.4. The van der Waals surface area contributed by atoms with Gasteiger partial charge in [0, 0.05) is 6.54 Å². The van der Waals surface area contributed by atoms with E-state index in [1.807, 2.05) is 6.07 Å². The largest absolute Gasteiger partial charge is 0.227 e. The minimum Gasteiger partial charge on any atom is -0.214 e. The van der Waals surface area contributed by atoms with Gasteiger partial charge in [0.25, 0.3) is 0 Å². The summed E-state index contributed by atoms with van der Waals surface area (Å²) in [4.78, 5) is 0. The summed E-state index contributed by atoms with van der Waals surface area (Å²) in [6.45, 7) is 4.77. The predicted octanol–water partition coefficient (Wildman–Crippen LogP) is 4.52. The van der Waals surface area contributed by atoms with E-state index in [9.17, 15) is 8.42 Å². The lowest BCUT2D eigenvalue weighted by molar-refractivity contribution is 0.550. The second-order valence-electron chi connectivity index (χ2n) is 6.03. The van der Waals surface area contributed by atoms with Crippen molar-refractivity contribution < 1.29 is 8.42 Å². The van der Waals surface area contributed by atoms with Crippen molar-refractivity contribution in [1.82, 2.24) is 4.72 Å². The van der Waals surface area contributed by atoms with Gasteiger partial charge in [-0.1, -0.05) is 78.1 Å². The monoisotopic (exact) mass is 330 g/mol. The second kappa shape index (κ2) is 14.0. The maximum absolute atomic E-state index is 12.1. The summed E-state index contributed by atoms with van der Waals surface area (Å²) < 4.78 is 26.7. The van der Waals surface area contributed by atoms with Crippen LogP contribution in [0.4, 0.5) is 0 Å². The third-order valence-electron chi connectivity index (χ3n) is 3.92. The first-order valence-electron chi connectivity index (χ1n) is 8.96. The van der Waals surface area contributed by atoms with E-state index in [2.05, 4.69) is 18.6 Å². The maximum Gasteiger partial charge on any atom is 0.227 e. The minimum absolute atomic E-state index is 0.447. The molecule has 0 radical (unpaired) electrons. The van der Waals surface area contributed by atoms with Gasteiger partial charge in [-0.15, -0.1) is 0 Å². The first-order chi connectivity index (χ1) is 10.6. The number of hydrogen-bond donors (Lipinski definition) is 1. The Morgan fingerprint density at radius 3 is 1.91 bits per heavy atom. The molecule has 1 unspecified atom stereocenters. The Balaban J connectivity index is 3.83. The van der Waals surface area contributed by atoms with Gasteiger partial charge >= 0.3 is 0 Å². The van der Waals surface area contributed by atoms with Gasteiger partial charge in [0.05, 0.1) is 6.07 Å². The quantitative estimate of drug-likeness (QED) is 0.449. The van der Waals surface area contributed by atoms with Crippen LogP contribution in [0, 0.1) is 11.3 Å². The predicted molar refractivity (Wildman–Crippen MR) is 93.1 cm³/mol. The zero-order valence-electron chi connectivity index (χ0n) is 14.4. The van der Waals surface area contributed by atoms with Crippen molar-refractivity contribution in [3.8, 4) is 6.07 Å². The van der Waals surface area contributed by atoms with E-state index in [-0.39, 0.29) is 0 Å². The molecule has 4 nitrogen and oxygen atoms in total. The molecule has 5 heteroatoms. The van der Waals surface area contributed by atoms with Crippen LogP contribution >= 0.6 is 0 Å².